The van der Waals surface area contributed by atoms with Crippen LogP contribution >= 0.6 is 0 Å². The van der Waals surface area contributed by atoms with Gasteiger partial charge < -0.3 is 10.2 Å². The largest absolute Gasteiger partial charge is 0.366 e. The molecule has 0 saturated heterocycles. The van der Waals surface area contributed by atoms with Crippen molar-refractivity contribution in [3.63, 3.8) is 0 Å². The van der Waals surface area contributed by atoms with E-state index in [0.29, 0.717) is 6.42 Å². The number of carbonyl (C=O) groups excluding carboxylic acids is 1. The monoisotopic (exact) mass is 224 g/mol. The molecule has 0 aliphatic heterocycles. The predicted molar refractivity (Wildman–Crippen MR) is 64.3 cm³/mol. The lowest BCUT2D eigenvalue weighted by Crippen LogP contribution is -2.28. The average molecular weight is 224 g/mol. The van der Waals surface area contributed by atoms with Crippen molar-refractivity contribution in [3.8, 4) is 0 Å². The van der Waals surface area contributed by atoms with Crippen molar-refractivity contribution in [1.29, 1.82) is 0 Å². The molecule has 1 heterocycles. The average Bonchev–Trinajstić information content (AvgIpc) is 2.45. The molecule has 1 atom stereocenters. The molecule has 90 valence electrons. The molecular weight excluding hydrogens is 204 g/mol. The highest BCUT2D eigenvalue weighted by molar-refractivity contribution is 5.76. The minimum Gasteiger partial charge on any atom is -0.366 e. The fraction of sp³-hybridized carbons (Fsp3) is 0.636. The summed E-state index contributed by atoms with van der Waals surface area (Å²) in [5, 5.41) is 7.49. The summed E-state index contributed by atoms with van der Waals surface area (Å²) in [5.74, 6) is 0.937. The lowest BCUT2D eigenvalue weighted by molar-refractivity contribution is -0.128. The van der Waals surface area contributed by atoms with Gasteiger partial charge in [0.05, 0.1) is 0 Å². The predicted octanol–water partition coefficient (Wildman–Crippen LogP) is 1.01. The zero-order valence-electron chi connectivity index (χ0n) is 10.6. The molecule has 0 aliphatic rings. The van der Waals surface area contributed by atoms with Crippen molar-refractivity contribution in [2.75, 3.05) is 19.4 Å². The van der Waals surface area contributed by atoms with Crippen LogP contribution in [0.1, 0.15) is 19.0 Å². The molecule has 1 aromatic rings. The van der Waals surface area contributed by atoms with Gasteiger partial charge in [-0.2, -0.15) is 5.10 Å². The maximum Gasteiger partial charge on any atom is 0.224 e. The molecule has 16 heavy (non-hydrogen) atoms. The van der Waals surface area contributed by atoms with Gasteiger partial charge in [-0.05, 0) is 13.8 Å². The molecule has 0 radical (unpaired) electrons. The van der Waals surface area contributed by atoms with Crippen molar-refractivity contribution < 1.29 is 4.79 Å². The first kappa shape index (κ1) is 12.5. The van der Waals surface area contributed by atoms with Crippen molar-refractivity contribution >= 4 is 11.7 Å². The third kappa shape index (κ3) is 3.25. The Balaban J connectivity index is 2.51. The number of amides is 1. The smallest absolute Gasteiger partial charge is 0.224 e. The number of hydrogen-bond donors (Lipinski definition) is 1. The lowest BCUT2D eigenvalue weighted by Gasteiger charge is -2.15. The van der Waals surface area contributed by atoms with Crippen molar-refractivity contribution in [3.05, 3.63) is 11.8 Å². The zero-order chi connectivity index (χ0) is 12.3. The summed E-state index contributed by atoms with van der Waals surface area (Å²) in [6, 6.07) is 2.06. The summed E-state index contributed by atoms with van der Waals surface area (Å²) in [7, 11) is 5.43. The molecule has 1 rings (SSSR count). The summed E-state index contributed by atoms with van der Waals surface area (Å²) < 4.78 is 1.81. The Labute approximate surface area is 96.4 Å². The van der Waals surface area contributed by atoms with E-state index in [4.69, 9.17) is 0 Å². The fourth-order valence-electron chi connectivity index (χ4n) is 1.38. The summed E-state index contributed by atoms with van der Waals surface area (Å²) in [6.45, 7) is 3.97. The second kappa shape index (κ2) is 5.01. The van der Waals surface area contributed by atoms with Gasteiger partial charge in [-0.15, -0.1) is 0 Å². The molecule has 1 aromatic heterocycles. The van der Waals surface area contributed by atoms with Gasteiger partial charge in [0.25, 0.3) is 0 Å². The Kier molecular flexibility index (Phi) is 3.93. The number of nitrogens with one attached hydrogen (secondary N) is 1. The molecule has 0 aromatic carbocycles. The third-order valence-corrected chi connectivity index (χ3v) is 2.49. The van der Waals surface area contributed by atoms with Crippen LogP contribution in [0, 0.1) is 6.92 Å². The van der Waals surface area contributed by atoms with Gasteiger partial charge in [-0.1, -0.05) is 0 Å². The van der Waals surface area contributed by atoms with Crippen LogP contribution in [-0.2, 0) is 11.8 Å². The highest BCUT2D eigenvalue weighted by Crippen LogP contribution is 2.09. The summed E-state index contributed by atoms with van der Waals surface area (Å²) in [5.41, 5.74) is 1.09. The van der Waals surface area contributed by atoms with Crippen molar-refractivity contribution in [2.24, 2.45) is 7.05 Å². The molecule has 0 bridgehead atoms. The van der Waals surface area contributed by atoms with Gasteiger partial charge in [-0.25, -0.2) is 0 Å². The Hall–Kier alpha value is -1.52. The van der Waals surface area contributed by atoms with E-state index >= 15 is 0 Å². The molecular formula is C11H20N4O. The summed E-state index contributed by atoms with van der Waals surface area (Å²) >= 11 is 0. The van der Waals surface area contributed by atoms with Crippen LogP contribution in [0.5, 0.6) is 0 Å². The standard InChI is InChI=1S/C11H20N4O/c1-8(6-11(16)14(3)4)12-10-7-9(2)15(5)13-10/h7-8H,6H2,1-5H3,(H,12,13). The van der Waals surface area contributed by atoms with Crippen LogP contribution in [0.15, 0.2) is 6.07 Å². The second-order valence-electron chi connectivity index (χ2n) is 4.33. The van der Waals surface area contributed by atoms with E-state index in [9.17, 15) is 4.79 Å². The SMILES string of the molecule is Cc1cc(NC(C)CC(=O)N(C)C)nn1C. The number of nitrogens with zero attached hydrogens (tertiary/aromatic N) is 3. The van der Waals surface area contributed by atoms with E-state index in [1.807, 2.05) is 31.6 Å². The molecule has 0 fully saturated rings. The fourth-order valence-corrected chi connectivity index (χ4v) is 1.38. The van der Waals surface area contributed by atoms with Crippen LogP contribution in [0.3, 0.4) is 0 Å². The molecule has 0 saturated carbocycles. The first-order valence-corrected chi connectivity index (χ1v) is 5.37. The number of aromatic nitrogens is 2. The zero-order valence-corrected chi connectivity index (χ0v) is 10.6. The topological polar surface area (TPSA) is 50.2 Å². The van der Waals surface area contributed by atoms with Gasteiger partial charge in [0.15, 0.2) is 0 Å². The number of aryl methyl sites for hydroxylation is 2. The Morgan fingerprint density at radius 3 is 2.69 bits per heavy atom. The first-order valence-electron chi connectivity index (χ1n) is 5.37. The van der Waals surface area contributed by atoms with E-state index in [2.05, 4.69) is 10.4 Å². The normalized spacial score (nSPS) is 12.3. The second-order valence-corrected chi connectivity index (χ2v) is 4.33. The molecule has 5 heteroatoms. The number of rotatable bonds is 4. The van der Waals surface area contributed by atoms with E-state index in [1.165, 1.54) is 0 Å². The van der Waals surface area contributed by atoms with Crippen LogP contribution in [0.25, 0.3) is 0 Å². The van der Waals surface area contributed by atoms with E-state index < -0.39 is 0 Å². The number of anilines is 1. The van der Waals surface area contributed by atoms with Gasteiger partial charge in [0.2, 0.25) is 5.91 Å². The van der Waals surface area contributed by atoms with E-state index in [-0.39, 0.29) is 11.9 Å². The maximum atomic E-state index is 11.5. The van der Waals surface area contributed by atoms with E-state index in [0.717, 1.165) is 11.5 Å². The Morgan fingerprint density at radius 1 is 1.62 bits per heavy atom. The maximum absolute atomic E-state index is 11.5. The Morgan fingerprint density at radius 2 is 2.25 bits per heavy atom. The summed E-state index contributed by atoms with van der Waals surface area (Å²) in [4.78, 5) is 13.1. The van der Waals surface area contributed by atoms with Gasteiger partial charge >= 0.3 is 0 Å². The van der Waals surface area contributed by atoms with Gasteiger partial charge in [-0.3, -0.25) is 9.48 Å². The van der Waals surface area contributed by atoms with Crippen molar-refractivity contribution in [1.82, 2.24) is 14.7 Å². The molecule has 0 aliphatic carbocycles. The number of hydrogen-bond acceptors (Lipinski definition) is 3. The minimum absolute atomic E-state index is 0.0872. The van der Waals surface area contributed by atoms with Gasteiger partial charge in [0.1, 0.15) is 5.82 Å². The molecule has 1 amide bonds. The Bertz CT molecular complexity index is 351. The highest BCUT2D eigenvalue weighted by atomic mass is 16.2. The highest BCUT2D eigenvalue weighted by Gasteiger charge is 2.11. The van der Waals surface area contributed by atoms with Crippen molar-refractivity contribution in [2.45, 2.75) is 26.3 Å². The molecule has 1 unspecified atom stereocenters. The lowest BCUT2D eigenvalue weighted by atomic mass is 10.2. The van der Waals surface area contributed by atoms with Crippen LogP contribution in [0.4, 0.5) is 5.82 Å². The van der Waals surface area contributed by atoms with Crippen LogP contribution in [-0.4, -0.2) is 40.7 Å². The van der Waals surface area contributed by atoms with E-state index in [1.54, 1.807) is 19.0 Å². The first-order chi connectivity index (χ1) is 7.40. The minimum atomic E-state index is 0.0872. The third-order valence-electron chi connectivity index (χ3n) is 2.49. The number of carbonyl (C=O) groups is 1. The van der Waals surface area contributed by atoms with Gasteiger partial charge in [0, 0.05) is 45.4 Å². The molecule has 1 N–H and O–H groups in total. The quantitative estimate of drug-likeness (QED) is 0.830. The van der Waals surface area contributed by atoms with Crippen LogP contribution in [0.2, 0.25) is 0 Å². The molecule has 5 nitrogen and oxygen atoms in total. The molecule has 0 spiro atoms. The van der Waals surface area contributed by atoms with Crippen LogP contribution < -0.4 is 5.32 Å². The summed E-state index contributed by atoms with van der Waals surface area (Å²) in [6.07, 6.45) is 0.475.